The number of halogens is 1. The number of ketones is 2. The van der Waals surface area contributed by atoms with E-state index in [2.05, 4.69) is 9.88 Å². The lowest BCUT2D eigenvalue weighted by molar-refractivity contribution is -0.133. The van der Waals surface area contributed by atoms with E-state index >= 15 is 0 Å². The first kappa shape index (κ1) is 30.2. The predicted octanol–water partition coefficient (Wildman–Crippen LogP) is 5.62. The molecule has 232 valence electrons. The molecule has 45 heavy (non-hydrogen) atoms. The summed E-state index contributed by atoms with van der Waals surface area (Å²) in [4.78, 5) is 47.4. The Labute approximate surface area is 260 Å². The molecular weight excluding hydrogens is 577 g/mol. The zero-order valence-electron chi connectivity index (χ0n) is 25.3. The van der Waals surface area contributed by atoms with Gasteiger partial charge in [-0.1, -0.05) is 24.3 Å². The molecule has 1 aromatic heterocycles. The van der Waals surface area contributed by atoms with Crippen LogP contribution in [0.4, 0.5) is 9.18 Å². The number of carbonyl (C=O) groups is 3. The number of ether oxygens (including phenoxy) is 3. The maximum atomic E-state index is 13.2. The van der Waals surface area contributed by atoms with Crippen molar-refractivity contribution in [2.24, 2.45) is 5.41 Å². The molecule has 10 heteroatoms. The summed E-state index contributed by atoms with van der Waals surface area (Å²) >= 11 is 0. The van der Waals surface area contributed by atoms with E-state index < -0.39 is 11.5 Å². The molecule has 6 rings (SSSR count). The molecule has 0 spiro atoms. The number of carbonyl (C=O) groups excluding carboxylic acids is 3. The lowest BCUT2D eigenvalue weighted by Crippen LogP contribution is -2.48. The quantitative estimate of drug-likeness (QED) is 0.213. The van der Waals surface area contributed by atoms with Crippen molar-refractivity contribution in [3.05, 3.63) is 89.9 Å². The number of pyridine rings is 1. The standard InChI is InChI=1S/C35H34FN3O6/c1-38-15-17-39(18-16-38)34(42)45-31-21-27-28(22-30(31)43-2)37-14-11-29(27)44-26-9-5-24(6-10-26)20-33(41)35(12-13-35)32(40)19-23-3-7-25(36)8-4-23/h3-11,14,21-22H,12-13,15-20H2,1-2H3. The second kappa shape index (κ2) is 12.6. The Kier molecular flexibility index (Phi) is 8.49. The molecule has 1 saturated heterocycles. The van der Waals surface area contributed by atoms with Crippen molar-refractivity contribution in [2.75, 3.05) is 40.3 Å². The third-order valence-electron chi connectivity index (χ3n) is 8.56. The Morgan fingerprint density at radius 1 is 0.822 bits per heavy atom. The molecule has 1 aliphatic heterocycles. The number of rotatable bonds is 10. The van der Waals surface area contributed by atoms with Crippen LogP contribution in [0.5, 0.6) is 23.0 Å². The van der Waals surface area contributed by atoms with Crippen LogP contribution < -0.4 is 14.2 Å². The normalized spacial score (nSPS) is 15.8. The third kappa shape index (κ3) is 6.66. The molecule has 2 heterocycles. The minimum atomic E-state index is -0.952. The first-order valence-corrected chi connectivity index (χ1v) is 14.9. The number of likely N-dealkylation sites (N-methyl/N-ethyl adjacent to an activating group) is 1. The van der Waals surface area contributed by atoms with Gasteiger partial charge in [0.1, 0.15) is 17.3 Å². The molecule has 3 aromatic carbocycles. The van der Waals surface area contributed by atoms with Crippen LogP contribution in [0.25, 0.3) is 10.9 Å². The average Bonchev–Trinajstić information content (AvgIpc) is 3.86. The van der Waals surface area contributed by atoms with Crippen molar-refractivity contribution < 1.29 is 33.0 Å². The van der Waals surface area contributed by atoms with Crippen LogP contribution in [0.1, 0.15) is 24.0 Å². The molecule has 4 aromatic rings. The van der Waals surface area contributed by atoms with Crippen LogP contribution >= 0.6 is 0 Å². The molecule has 2 aliphatic rings. The highest BCUT2D eigenvalue weighted by atomic mass is 19.1. The van der Waals surface area contributed by atoms with E-state index in [0.29, 0.717) is 59.6 Å². The predicted molar refractivity (Wildman–Crippen MR) is 165 cm³/mol. The fourth-order valence-electron chi connectivity index (χ4n) is 5.56. The summed E-state index contributed by atoms with van der Waals surface area (Å²) in [7, 11) is 3.52. The van der Waals surface area contributed by atoms with Crippen LogP contribution in [0.2, 0.25) is 0 Å². The topological polar surface area (TPSA) is 98.3 Å². The highest BCUT2D eigenvalue weighted by Gasteiger charge is 2.54. The van der Waals surface area contributed by atoms with Gasteiger partial charge in [0, 0.05) is 56.7 Å². The second-order valence-corrected chi connectivity index (χ2v) is 11.6. The van der Waals surface area contributed by atoms with Gasteiger partial charge < -0.3 is 24.0 Å². The molecule has 1 saturated carbocycles. The van der Waals surface area contributed by atoms with Crippen LogP contribution in [0.15, 0.2) is 72.9 Å². The van der Waals surface area contributed by atoms with Gasteiger partial charge in [-0.05, 0) is 67.4 Å². The van der Waals surface area contributed by atoms with E-state index in [9.17, 15) is 18.8 Å². The maximum Gasteiger partial charge on any atom is 0.415 e. The SMILES string of the molecule is COc1cc2nccc(Oc3ccc(CC(=O)C4(C(=O)Cc5ccc(F)cc5)CC4)cc3)c2cc1OC(=O)N1CCN(C)CC1. The lowest BCUT2D eigenvalue weighted by Gasteiger charge is -2.31. The van der Waals surface area contributed by atoms with Crippen LogP contribution in [0.3, 0.4) is 0 Å². The number of hydrogen-bond acceptors (Lipinski definition) is 8. The van der Waals surface area contributed by atoms with Gasteiger partial charge in [-0.15, -0.1) is 0 Å². The lowest BCUT2D eigenvalue weighted by atomic mass is 9.88. The number of nitrogens with zero attached hydrogens (tertiary/aromatic N) is 3. The molecule has 1 amide bonds. The van der Waals surface area contributed by atoms with Gasteiger partial charge in [-0.2, -0.15) is 0 Å². The number of fused-ring (bicyclic) bond motifs is 1. The number of methoxy groups -OCH3 is 1. The molecule has 0 radical (unpaired) electrons. The van der Waals surface area contributed by atoms with Gasteiger partial charge in [-0.25, -0.2) is 9.18 Å². The van der Waals surface area contributed by atoms with E-state index in [-0.39, 0.29) is 36.0 Å². The minimum Gasteiger partial charge on any atom is -0.493 e. The number of amides is 1. The fourth-order valence-corrected chi connectivity index (χ4v) is 5.56. The van der Waals surface area contributed by atoms with E-state index in [4.69, 9.17) is 14.2 Å². The summed E-state index contributed by atoms with van der Waals surface area (Å²) in [5.41, 5.74) is 1.12. The van der Waals surface area contributed by atoms with Crippen LogP contribution in [-0.4, -0.2) is 72.8 Å². The minimum absolute atomic E-state index is 0.101. The summed E-state index contributed by atoms with van der Waals surface area (Å²) in [6, 6.07) is 18.1. The van der Waals surface area contributed by atoms with Crippen molar-refractivity contribution in [1.29, 1.82) is 0 Å². The van der Waals surface area contributed by atoms with Crippen LogP contribution in [-0.2, 0) is 22.4 Å². The third-order valence-corrected chi connectivity index (χ3v) is 8.56. The fraction of sp³-hybridized carbons (Fsp3) is 0.314. The van der Waals surface area contributed by atoms with Gasteiger partial charge in [0.2, 0.25) is 0 Å². The van der Waals surface area contributed by atoms with Crippen LogP contribution in [0, 0.1) is 11.2 Å². The van der Waals surface area contributed by atoms with E-state index in [1.54, 1.807) is 53.6 Å². The highest BCUT2D eigenvalue weighted by molar-refractivity contribution is 6.11. The molecule has 9 nitrogen and oxygen atoms in total. The molecule has 0 N–H and O–H groups in total. The van der Waals surface area contributed by atoms with E-state index in [1.807, 2.05) is 19.2 Å². The van der Waals surface area contributed by atoms with Gasteiger partial charge in [0.05, 0.1) is 18.0 Å². The van der Waals surface area contributed by atoms with Crippen molar-refractivity contribution >= 4 is 28.6 Å². The Balaban J connectivity index is 1.13. The Morgan fingerprint density at radius 3 is 2.04 bits per heavy atom. The van der Waals surface area contributed by atoms with E-state index in [0.717, 1.165) is 18.7 Å². The highest BCUT2D eigenvalue weighted by Crippen LogP contribution is 2.49. The van der Waals surface area contributed by atoms with Gasteiger partial charge in [-0.3, -0.25) is 14.6 Å². The first-order valence-electron chi connectivity index (χ1n) is 14.9. The molecule has 0 unspecified atom stereocenters. The molecule has 1 aliphatic carbocycles. The largest absolute Gasteiger partial charge is 0.493 e. The van der Waals surface area contributed by atoms with Crippen molar-refractivity contribution in [1.82, 2.24) is 14.8 Å². The Hall–Kier alpha value is -4.83. The summed E-state index contributed by atoms with van der Waals surface area (Å²) in [6.45, 7) is 2.71. The van der Waals surface area contributed by atoms with E-state index in [1.165, 1.54) is 19.2 Å². The van der Waals surface area contributed by atoms with Gasteiger partial charge in [0.15, 0.2) is 23.1 Å². The molecular formula is C35H34FN3O6. The first-order chi connectivity index (χ1) is 21.7. The zero-order chi connectivity index (χ0) is 31.6. The second-order valence-electron chi connectivity index (χ2n) is 11.6. The monoisotopic (exact) mass is 611 g/mol. The number of piperazine rings is 1. The summed E-state index contributed by atoms with van der Waals surface area (Å²) < 4.78 is 30.7. The van der Waals surface area contributed by atoms with Gasteiger partial charge >= 0.3 is 6.09 Å². The smallest absolute Gasteiger partial charge is 0.415 e. The van der Waals surface area contributed by atoms with Gasteiger partial charge in [0.25, 0.3) is 0 Å². The molecule has 2 fully saturated rings. The van der Waals surface area contributed by atoms with Crippen molar-refractivity contribution in [3.63, 3.8) is 0 Å². The number of hydrogen-bond donors (Lipinski definition) is 0. The Bertz CT molecular complexity index is 1730. The van der Waals surface area contributed by atoms with Crippen molar-refractivity contribution in [2.45, 2.75) is 25.7 Å². The zero-order valence-corrected chi connectivity index (χ0v) is 25.3. The summed E-state index contributed by atoms with van der Waals surface area (Å²) in [5.74, 6) is 1.12. The number of aromatic nitrogens is 1. The molecule has 0 bridgehead atoms. The summed E-state index contributed by atoms with van der Waals surface area (Å²) in [6.07, 6.45) is 2.51. The average molecular weight is 612 g/mol. The summed E-state index contributed by atoms with van der Waals surface area (Å²) in [5, 5.41) is 0.633. The number of benzene rings is 3. The van der Waals surface area contributed by atoms with Crippen molar-refractivity contribution in [3.8, 4) is 23.0 Å². The maximum absolute atomic E-state index is 13.2. The number of Topliss-reactive ketones (excluding diaryl/α,β-unsaturated/α-hetero) is 2. The molecule has 0 atom stereocenters. The Morgan fingerprint density at radius 2 is 1.44 bits per heavy atom.